The highest BCUT2D eigenvalue weighted by Crippen LogP contribution is 2.23. The minimum atomic E-state index is -0.598. The molecule has 0 bridgehead atoms. The molecule has 0 unspecified atom stereocenters. The summed E-state index contributed by atoms with van der Waals surface area (Å²) in [6.45, 7) is 4.08. The van der Waals surface area contributed by atoms with Crippen LogP contribution in [0.2, 0.25) is 0 Å². The van der Waals surface area contributed by atoms with E-state index in [9.17, 15) is 14.9 Å². The van der Waals surface area contributed by atoms with E-state index in [1.165, 1.54) is 18.2 Å². The second kappa shape index (κ2) is 8.63. The molecule has 0 fully saturated rings. The zero-order valence-electron chi connectivity index (χ0n) is 14.0. The van der Waals surface area contributed by atoms with Crippen LogP contribution >= 0.6 is 0 Å². The Kier molecular flexibility index (Phi) is 6.28. The molecule has 0 aliphatic heterocycles. The molecule has 130 valence electrons. The maximum Gasteiger partial charge on any atom is 0.331 e. The average molecular weight is 341 g/mol. The van der Waals surface area contributed by atoms with Crippen LogP contribution < -0.4 is 4.74 Å². The van der Waals surface area contributed by atoms with E-state index < -0.39 is 17.0 Å². The van der Waals surface area contributed by atoms with Crippen LogP contribution in [-0.2, 0) is 9.53 Å². The highest BCUT2D eigenvalue weighted by molar-refractivity contribution is 5.87. The van der Waals surface area contributed by atoms with Gasteiger partial charge in [-0.2, -0.15) is 0 Å². The third-order valence-corrected chi connectivity index (χ3v) is 3.46. The number of benzene rings is 2. The Labute approximate surface area is 145 Å². The topological polar surface area (TPSA) is 78.7 Å². The molecule has 0 radical (unpaired) electrons. The Bertz CT molecular complexity index is 785. The van der Waals surface area contributed by atoms with Crippen molar-refractivity contribution in [1.29, 1.82) is 0 Å². The number of nitro benzene ring substituents is 1. The minimum absolute atomic E-state index is 0.0402. The van der Waals surface area contributed by atoms with Crippen molar-refractivity contribution in [3.63, 3.8) is 0 Å². The number of non-ortho nitro benzene ring substituents is 1. The summed E-state index contributed by atoms with van der Waals surface area (Å²) in [7, 11) is 0. The molecule has 1 atom stereocenters. The molecule has 0 heterocycles. The lowest BCUT2D eigenvalue weighted by Gasteiger charge is -2.12. The van der Waals surface area contributed by atoms with Gasteiger partial charge in [0.1, 0.15) is 11.9 Å². The SMILES string of the molecule is CCOc1ccccc1/C=C/C(=O)O[C@@H](C)c1cccc([N+](=O)[O-])c1. The van der Waals surface area contributed by atoms with Gasteiger partial charge in [0.2, 0.25) is 0 Å². The van der Waals surface area contributed by atoms with Crippen LogP contribution in [0.5, 0.6) is 5.75 Å². The quantitative estimate of drug-likeness (QED) is 0.324. The van der Waals surface area contributed by atoms with Crippen LogP contribution in [0.15, 0.2) is 54.6 Å². The summed E-state index contributed by atoms with van der Waals surface area (Å²) < 4.78 is 10.8. The fraction of sp³-hybridized carbons (Fsp3) is 0.211. The van der Waals surface area contributed by atoms with Gasteiger partial charge in [-0.1, -0.05) is 30.3 Å². The predicted octanol–water partition coefficient (Wildman–Crippen LogP) is 4.31. The molecule has 0 saturated carbocycles. The number of para-hydroxylation sites is 1. The average Bonchev–Trinajstić information content (AvgIpc) is 2.61. The molecule has 0 spiro atoms. The Balaban J connectivity index is 2.05. The third kappa shape index (κ3) is 5.17. The summed E-state index contributed by atoms with van der Waals surface area (Å²) in [6.07, 6.45) is 2.33. The summed E-state index contributed by atoms with van der Waals surface area (Å²) in [4.78, 5) is 22.3. The number of carbonyl (C=O) groups is 1. The maximum atomic E-state index is 12.0. The maximum absolute atomic E-state index is 12.0. The lowest BCUT2D eigenvalue weighted by Crippen LogP contribution is -2.06. The van der Waals surface area contributed by atoms with Gasteiger partial charge in [0.15, 0.2) is 0 Å². The zero-order chi connectivity index (χ0) is 18.2. The Morgan fingerprint density at radius 1 is 1.24 bits per heavy atom. The molecule has 0 aromatic heterocycles. The van der Waals surface area contributed by atoms with E-state index in [0.717, 1.165) is 5.56 Å². The Morgan fingerprint density at radius 3 is 2.72 bits per heavy atom. The standard InChI is InChI=1S/C19H19NO5/c1-3-24-18-10-5-4-7-15(18)11-12-19(21)25-14(2)16-8-6-9-17(13-16)20(22)23/h4-14H,3H2,1-2H3/b12-11+/t14-/m0/s1. The van der Waals surface area contributed by atoms with Crippen LogP contribution in [-0.4, -0.2) is 17.5 Å². The van der Waals surface area contributed by atoms with E-state index in [2.05, 4.69) is 0 Å². The number of hydrogen-bond donors (Lipinski definition) is 0. The summed E-state index contributed by atoms with van der Waals surface area (Å²) in [6, 6.07) is 13.4. The van der Waals surface area contributed by atoms with Crippen LogP contribution in [0.4, 0.5) is 5.69 Å². The van der Waals surface area contributed by atoms with Crippen LogP contribution in [0.25, 0.3) is 6.08 Å². The van der Waals surface area contributed by atoms with Gasteiger partial charge in [-0.05, 0) is 31.6 Å². The van der Waals surface area contributed by atoms with Crippen molar-refractivity contribution in [2.45, 2.75) is 20.0 Å². The zero-order valence-corrected chi connectivity index (χ0v) is 14.0. The van der Waals surface area contributed by atoms with E-state index in [1.807, 2.05) is 31.2 Å². The van der Waals surface area contributed by atoms with Gasteiger partial charge < -0.3 is 9.47 Å². The molecule has 6 nitrogen and oxygen atoms in total. The predicted molar refractivity (Wildman–Crippen MR) is 94.2 cm³/mol. The molecule has 2 aromatic rings. The van der Waals surface area contributed by atoms with Crippen molar-refractivity contribution < 1.29 is 19.2 Å². The van der Waals surface area contributed by atoms with Gasteiger partial charge in [-0.25, -0.2) is 4.79 Å². The minimum Gasteiger partial charge on any atom is -0.493 e. The fourth-order valence-corrected chi connectivity index (χ4v) is 2.24. The summed E-state index contributed by atoms with van der Waals surface area (Å²) in [5, 5.41) is 10.8. The van der Waals surface area contributed by atoms with E-state index >= 15 is 0 Å². The van der Waals surface area contributed by atoms with E-state index in [4.69, 9.17) is 9.47 Å². The first-order valence-corrected chi connectivity index (χ1v) is 7.86. The first-order chi connectivity index (χ1) is 12.0. The van der Waals surface area contributed by atoms with E-state index in [1.54, 1.807) is 25.1 Å². The third-order valence-electron chi connectivity index (χ3n) is 3.46. The van der Waals surface area contributed by atoms with Crippen molar-refractivity contribution in [1.82, 2.24) is 0 Å². The van der Waals surface area contributed by atoms with Crippen molar-refractivity contribution in [2.24, 2.45) is 0 Å². The van der Waals surface area contributed by atoms with Crippen LogP contribution in [0, 0.1) is 10.1 Å². The molecule has 0 saturated heterocycles. The monoisotopic (exact) mass is 341 g/mol. The van der Waals surface area contributed by atoms with Crippen molar-refractivity contribution in [2.75, 3.05) is 6.61 Å². The lowest BCUT2D eigenvalue weighted by atomic mass is 10.1. The highest BCUT2D eigenvalue weighted by atomic mass is 16.6. The van der Waals surface area contributed by atoms with Gasteiger partial charge in [0.05, 0.1) is 11.5 Å². The molecule has 0 aliphatic rings. The number of esters is 1. The van der Waals surface area contributed by atoms with Gasteiger partial charge >= 0.3 is 5.97 Å². The lowest BCUT2D eigenvalue weighted by molar-refractivity contribution is -0.385. The normalized spacial score (nSPS) is 11.9. The number of rotatable bonds is 7. The molecule has 0 amide bonds. The number of nitro groups is 1. The van der Waals surface area contributed by atoms with E-state index in [-0.39, 0.29) is 5.69 Å². The molecular weight excluding hydrogens is 322 g/mol. The van der Waals surface area contributed by atoms with Gasteiger partial charge in [-0.15, -0.1) is 0 Å². The summed E-state index contributed by atoms with van der Waals surface area (Å²) in [5.41, 5.74) is 1.29. The van der Waals surface area contributed by atoms with Crippen molar-refractivity contribution in [3.8, 4) is 5.75 Å². The van der Waals surface area contributed by atoms with E-state index in [0.29, 0.717) is 17.9 Å². The number of carbonyl (C=O) groups excluding carboxylic acids is 1. The van der Waals surface area contributed by atoms with Gasteiger partial charge in [0, 0.05) is 23.8 Å². The number of nitrogens with zero attached hydrogens (tertiary/aromatic N) is 1. The summed E-state index contributed by atoms with van der Waals surface area (Å²) >= 11 is 0. The molecule has 2 rings (SSSR count). The first kappa shape index (κ1) is 18.2. The first-order valence-electron chi connectivity index (χ1n) is 7.86. The molecule has 25 heavy (non-hydrogen) atoms. The molecule has 0 N–H and O–H groups in total. The number of hydrogen-bond acceptors (Lipinski definition) is 5. The van der Waals surface area contributed by atoms with Gasteiger partial charge in [-0.3, -0.25) is 10.1 Å². The van der Waals surface area contributed by atoms with Crippen LogP contribution in [0.1, 0.15) is 31.1 Å². The molecule has 2 aromatic carbocycles. The Morgan fingerprint density at radius 2 is 2.00 bits per heavy atom. The molecule has 6 heteroatoms. The second-order valence-electron chi connectivity index (χ2n) is 5.24. The highest BCUT2D eigenvalue weighted by Gasteiger charge is 2.13. The molecule has 0 aliphatic carbocycles. The van der Waals surface area contributed by atoms with Crippen molar-refractivity contribution >= 4 is 17.7 Å². The second-order valence-corrected chi connectivity index (χ2v) is 5.24. The smallest absolute Gasteiger partial charge is 0.331 e. The largest absolute Gasteiger partial charge is 0.493 e. The van der Waals surface area contributed by atoms with Crippen molar-refractivity contribution in [3.05, 3.63) is 75.8 Å². The Hall–Kier alpha value is -3.15. The number of ether oxygens (including phenoxy) is 2. The fourth-order valence-electron chi connectivity index (χ4n) is 2.24. The molecular formula is C19H19NO5. The van der Waals surface area contributed by atoms with Gasteiger partial charge in [0.25, 0.3) is 5.69 Å². The van der Waals surface area contributed by atoms with Crippen LogP contribution in [0.3, 0.4) is 0 Å². The summed E-state index contributed by atoms with van der Waals surface area (Å²) in [5.74, 6) is 0.145.